The van der Waals surface area contributed by atoms with Crippen molar-refractivity contribution in [1.29, 1.82) is 0 Å². The zero-order valence-corrected chi connectivity index (χ0v) is 15.8. The van der Waals surface area contributed by atoms with Crippen molar-refractivity contribution in [2.75, 3.05) is 6.54 Å². The lowest BCUT2D eigenvalue weighted by Crippen LogP contribution is -2.37. The Kier molecular flexibility index (Phi) is 17.4. The Balaban J connectivity index is 3.55. The molecule has 1 unspecified atom stereocenters. The van der Waals surface area contributed by atoms with E-state index in [0.717, 1.165) is 44.9 Å². The van der Waals surface area contributed by atoms with Crippen LogP contribution in [0.1, 0.15) is 58.3 Å². The maximum absolute atomic E-state index is 11.5. The van der Waals surface area contributed by atoms with Crippen LogP contribution in [0, 0.1) is 0 Å². The molecule has 0 radical (unpaired) electrons. The van der Waals surface area contributed by atoms with Gasteiger partial charge in [-0.25, -0.2) is 0 Å². The molecule has 0 bridgehead atoms. The van der Waals surface area contributed by atoms with E-state index in [1.165, 1.54) is 0 Å². The van der Waals surface area contributed by atoms with Crippen LogP contribution in [-0.2, 0) is 4.79 Å². The number of carbonyl (C=O) groups excluding carboxylic acids is 1. The van der Waals surface area contributed by atoms with Crippen molar-refractivity contribution in [2.24, 2.45) is 11.5 Å². The minimum Gasteiger partial charge on any atom is -0.328 e. The molecule has 0 aliphatic rings. The highest BCUT2D eigenvalue weighted by molar-refractivity contribution is 5.83. The van der Waals surface area contributed by atoms with Crippen LogP contribution in [-0.4, -0.2) is 18.4 Å². The van der Waals surface area contributed by atoms with E-state index >= 15 is 0 Å². The lowest BCUT2D eigenvalue weighted by Gasteiger charge is -2.05. The molecule has 0 rings (SSSR count). The second-order valence-corrected chi connectivity index (χ2v) is 5.91. The Bertz CT molecular complexity index is 459. The maximum atomic E-state index is 11.5. The summed E-state index contributed by atoms with van der Waals surface area (Å²) < 4.78 is 0. The van der Waals surface area contributed by atoms with Crippen LogP contribution in [0.25, 0.3) is 0 Å². The van der Waals surface area contributed by atoms with Gasteiger partial charge in [-0.05, 0) is 44.9 Å². The summed E-state index contributed by atoms with van der Waals surface area (Å²) in [7, 11) is 0. The molecule has 0 aromatic carbocycles. The van der Waals surface area contributed by atoms with Crippen molar-refractivity contribution in [1.82, 2.24) is 0 Å². The quantitative estimate of drug-likeness (QED) is 0.332. The van der Waals surface area contributed by atoms with E-state index in [4.69, 9.17) is 11.5 Å². The van der Waals surface area contributed by atoms with Gasteiger partial charge >= 0.3 is 0 Å². The van der Waals surface area contributed by atoms with Crippen molar-refractivity contribution in [3.05, 3.63) is 60.8 Å². The normalized spacial score (nSPS) is 14.0. The summed E-state index contributed by atoms with van der Waals surface area (Å²) in [5.74, 6) is 0.0647. The number of hydrogen-bond acceptors (Lipinski definition) is 3. The fourth-order valence-corrected chi connectivity index (χ4v) is 2.08. The minimum atomic E-state index is -0.492. The lowest BCUT2D eigenvalue weighted by molar-refractivity contribution is -0.120. The molecule has 0 spiro atoms. The topological polar surface area (TPSA) is 69.1 Å². The van der Waals surface area contributed by atoms with Crippen LogP contribution < -0.4 is 11.5 Å². The Labute approximate surface area is 154 Å². The predicted octanol–water partition coefficient (Wildman–Crippen LogP) is 4.76. The molecule has 0 fully saturated rings. The summed E-state index contributed by atoms with van der Waals surface area (Å²) in [6.07, 6.45) is 29.1. The van der Waals surface area contributed by atoms with Crippen molar-refractivity contribution in [3.8, 4) is 0 Å². The minimum absolute atomic E-state index is 0.0647. The molecule has 1 atom stereocenters. The van der Waals surface area contributed by atoms with Gasteiger partial charge in [0.05, 0.1) is 6.04 Å². The second-order valence-electron chi connectivity index (χ2n) is 5.91. The van der Waals surface area contributed by atoms with Crippen LogP contribution in [0.3, 0.4) is 0 Å². The molecule has 0 aliphatic heterocycles. The van der Waals surface area contributed by atoms with Crippen LogP contribution >= 0.6 is 0 Å². The first-order valence-electron chi connectivity index (χ1n) is 9.45. The van der Waals surface area contributed by atoms with E-state index in [2.05, 4.69) is 67.7 Å². The number of ketones is 1. The van der Waals surface area contributed by atoms with E-state index in [-0.39, 0.29) is 12.3 Å². The van der Waals surface area contributed by atoms with Gasteiger partial charge in [-0.1, -0.05) is 67.7 Å². The number of carbonyl (C=O) groups is 1. The molecule has 0 aromatic rings. The summed E-state index contributed by atoms with van der Waals surface area (Å²) in [4.78, 5) is 11.5. The molecule has 0 saturated heterocycles. The maximum Gasteiger partial charge on any atom is 0.150 e. The van der Waals surface area contributed by atoms with Gasteiger partial charge < -0.3 is 11.5 Å². The summed E-state index contributed by atoms with van der Waals surface area (Å²) >= 11 is 0. The number of unbranched alkanes of at least 4 members (excludes halogenated alkanes) is 1. The highest BCUT2D eigenvalue weighted by Crippen LogP contribution is 2.01. The van der Waals surface area contributed by atoms with Crippen molar-refractivity contribution in [3.63, 3.8) is 0 Å². The van der Waals surface area contributed by atoms with E-state index < -0.39 is 6.04 Å². The Morgan fingerprint density at radius 3 is 1.68 bits per heavy atom. The third-order valence-corrected chi connectivity index (χ3v) is 3.62. The molecule has 0 amide bonds. The van der Waals surface area contributed by atoms with E-state index in [0.29, 0.717) is 6.42 Å². The monoisotopic (exact) mass is 344 g/mol. The summed E-state index contributed by atoms with van der Waals surface area (Å²) in [6, 6.07) is -0.492. The van der Waals surface area contributed by atoms with Crippen LogP contribution in [0.5, 0.6) is 0 Å². The average molecular weight is 345 g/mol. The number of allylic oxidation sites excluding steroid dienone is 10. The number of hydrogen-bond donors (Lipinski definition) is 2. The SMILES string of the molecule is CCC=CCC=CCC=CCC=CCC=CCCCC(=O)C(N)CN. The first kappa shape index (κ1) is 23.3. The number of nitrogens with two attached hydrogens (primary N) is 2. The Morgan fingerprint density at radius 2 is 1.24 bits per heavy atom. The zero-order valence-electron chi connectivity index (χ0n) is 15.8. The highest BCUT2D eigenvalue weighted by Gasteiger charge is 2.09. The van der Waals surface area contributed by atoms with Gasteiger partial charge in [0.1, 0.15) is 0 Å². The second kappa shape index (κ2) is 18.6. The summed E-state index contributed by atoms with van der Waals surface area (Å²) in [6.45, 7) is 2.38. The largest absolute Gasteiger partial charge is 0.328 e. The van der Waals surface area contributed by atoms with Gasteiger partial charge in [-0.3, -0.25) is 4.79 Å². The van der Waals surface area contributed by atoms with E-state index in [1.807, 2.05) is 0 Å². The Morgan fingerprint density at radius 1 is 0.800 bits per heavy atom. The Hall–Kier alpha value is -1.71. The van der Waals surface area contributed by atoms with Gasteiger partial charge in [0.2, 0.25) is 0 Å². The third kappa shape index (κ3) is 16.9. The fourth-order valence-electron chi connectivity index (χ4n) is 2.08. The van der Waals surface area contributed by atoms with Crippen molar-refractivity contribution >= 4 is 5.78 Å². The van der Waals surface area contributed by atoms with E-state index in [1.54, 1.807) is 0 Å². The van der Waals surface area contributed by atoms with Gasteiger partial charge in [-0.15, -0.1) is 0 Å². The molecule has 3 heteroatoms. The molecule has 3 nitrogen and oxygen atoms in total. The van der Waals surface area contributed by atoms with Crippen LogP contribution in [0.15, 0.2) is 60.8 Å². The van der Waals surface area contributed by atoms with Gasteiger partial charge in [0, 0.05) is 13.0 Å². The summed E-state index contributed by atoms with van der Waals surface area (Å²) in [5.41, 5.74) is 10.9. The standard InChI is InChI=1S/C22H36N2O/c1-2-3-4-5-6-7-8-9-10-11-12-13-14-15-16-17-18-19-22(25)21(24)20-23/h3-4,6-7,9-10,12-13,15-16,21H,2,5,8,11,14,17-20,23-24H2,1H3. The van der Waals surface area contributed by atoms with E-state index in [9.17, 15) is 4.79 Å². The molecule has 0 saturated carbocycles. The molecule has 0 heterocycles. The van der Waals surface area contributed by atoms with Crippen LogP contribution in [0.2, 0.25) is 0 Å². The molecule has 25 heavy (non-hydrogen) atoms. The molecule has 4 N–H and O–H groups in total. The molecular weight excluding hydrogens is 308 g/mol. The fraction of sp³-hybridized carbons (Fsp3) is 0.500. The molecule has 0 aromatic heterocycles. The van der Waals surface area contributed by atoms with Crippen molar-refractivity contribution in [2.45, 2.75) is 64.3 Å². The first-order chi connectivity index (χ1) is 12.2. The van der Waals surface area contributed by atoms with Crippen LogP contribution in [0.4, 0.5) is 0 Å². The predicted molar refractivity (Wildman–Crippen MR) is 110 cm³/mol. The van der Waals surface area contributed by atoms with Gasteiger partial charge in [0.25, 0.3) is 0 Å². The molecular formula is C22H36N2O. The van der Waals surface area contributed by atoms with Crippen molar-refractivity contribution < 1.29 is 4.79 Å². The highest BCUT2D eigenvalue weighted by atomic mass is 16.1. The molecule has 0 aliphatic carbocycles. The van der Waals surface area contributed by atoms with Gasteiger partial charge in [0.15, 0.2) is 5.78 Å². The number of Topliss-reactive ketones (excluding diaryl/α,β-unsaturated/α-hetero) is 1. The molecule has 140 valence electrons. The number of rotatable bonds is 15. The third-order valence-electron chi connectivity index (χ3n) is 3.62. The average Bonchev–Trinajstić information content (AvgIpc) is 2.63. The summed E-state index contributed by atoms with van der Waals surface area (Å²) in [5, 5.41) is 0. The van der Waals surface area contributed by atoms with Gasteiger partial charge in [-0.2, -0.15) is 0 Å². The first-order valence-corrected chi connectivity index (χ1v) is 9.45. The smallest absolute Gasteiger partial charge is 0.150 e. The zero-order chi connectivity index (χ0) is 18.6. The lowest BCUT2D eigenvalue weighted by atomic mass is 10.1.